The molecule has 2 fully saturated rings. The van der Waals surface area contributed by atoms with E-state index in [1.165, 1.54) is 0 Å². The third kappa shape index (κ3) is 2.83. The van der Waals surface area contributed by atoms with E-state index in [9.17, 15) is 9.90 Å². The topological polar surface area (TPSA) is 59.0 Å². The molecule has 3 rings (SSSR count). The molecule has 2 heterocycles. The molecule has 1 aromatic carbocycles. The summed E-state index contributed by atoms with van der Waals surface area (Å²) in [4.78, 5) is 13.5. The predicted molar refractivity (Wildman–Crippen MR) is 77.7 cm³/mol. The Morgan fingerprint density at radius 3 is 2.62 bits per heavy atom. The smallest absolute Gasteiger partial charge is 0.308 e. The average Bonchev–Trinajstić information content (AvgIpc) is 3.05. The van der Waals surface area contributed by atoms with Gasteiger partial charge in [0, 0.05) is 18.6 Å². The number of aliphatic carboxylic acids is 1. The van der Waals surface area contributed by atoms with Crippen molar-refractivity contribution in [2.45, 2.75) is 31.3 Å². The zero-order valence-electron chi connectivity index (χ0n) is 12.2. The van der Waals surface area contributed by atoms with Crippen molar-refractivity contribution in [2.75, 3.05) is 20.3 Å². The fraction of sp³-hybridized carbons (Fsp3) is 0.562. The van der Waals surface area contributed by atoms with Crippen LogP contribution in [0.25, 0.3) is 0 Å². The summed E-state index contributed by atoms with van der Waals surface area (Å²) in [6.45, 7) is 1.39. The third-order valence-corrected chi connectivity index (χ3v) is 4.68. The first-order valence-electron chi connectivity index (χ1n) is 7.44. The van der Waals surface area contributed by atoms with Crippen LogP contribution in [0.2, 0.25) is 0 Å². The second-order valence-electron chi connectivity index (χ2n) is 5.74. The number of ether oxygens (including phenoxy) is 2. The summed E-state index contributed by atoms with van der Waals surface area (Å²) in [5.41, 5.74) is 0. The SMILES string of the molecule is COc1ccc(OCCN2C3CCC2C(C(=O)O)C3)cc1. The van der Waals surface area contributed by atoms with Crippen LogP contribution in [0.5, 0.6) is 11.5 Å². The summed E-state index contributed by atoms with van der Waals surface area (Å²) in [6.07, 6.45) is 2.92. The maximum atomic E-state index is 11.2. The molecule has 5 heteroatoms. The molecule has 3 unspecified atom stereocenters. The number of fused-ring (bicyclic) bond motifs is 2. The minimum absolute atomic E-state index is 0.190. The molecule has 0 amide bonds. The molecule has 2 bridgehead atoms. The number of rotatable bonds is 6. The van der Waals surface area contributed by atoms with Crippen molar-refractivity contribution in [3.63, 3.8) is 0 Å². The van der Waals surface area contributed by atoms with Gasteiger partial charge in [0.2, 0.25) is 0 Å². The fourth-order valence-electron chi connectivity index (χ4n) is 3.66. The number of carboxylic acid groups (broad SMARTS) is 1. The Balaban J connectivity index is 1.50. The normalized spacial score (nSPS) is 27.8. The van der Waals surface area contributed by atoms with Gasteiger partial charge in [0.1, 0.15) is 18.1 Å². The summed E-state index contributed by atoms with van der Waals surface area (Å²) in [5.74, 6) is 0.786. The van der Waals surface area contributed by atoms with Crippen molar-refractivity contribution in [2.24, 2.45) is 5.92 Å². The molecule has 5 nitrogen and oxygen atoms in total. The molecular weight excluding hydrogens is 270 g/mol. The van der Waals surface area contributed by atoms with E-state index in [0.717, 1.165) is 37.3 Å². The Morgan fingerprint density at radius 2 is 2.00 bits per heavy atom. The molecule has 0 aliphatic carbocycles. The average molecular weight is 291 g/mol. The first-order valence-corrected chi connectivity index (χ1v) is 7.44. The molecule has 1 N–H and O–H groups in total. The lowest BCUT2D eigenvalue weighted by molar-refractivity contribution is -0.142. The Morgan fingerprint density at radius 1 is 1.29 bits per heavy atom. The molecule has 2 aliphatic heterocycles. The summed E-state index contributed by atoms with van der Waals surface area (Å²) in [5, 5.41) is 9.24. The largest absolute Gasteiger partial charge is 0.497 e. The Labute approximate surface area is 124 Å². The summed E-state index contributed by atoms with van der Waals surface area (Å²) in [7, 11) is 1.64. The van der Waals surface area contributed by atoms with Gasteiger partial charge in [-0.1, -0.05) is 0 Å². The van der Waals surface area contributed by atoms with Crippen molar-refractivity contribution in [3.8, 4) is 11.5 Å². The number of nitrogens with zero attached hydrogens (tertiary/aromatic N) is 1. The van der Waals surface area contributed by atoms with E-state index in [2.05, 4.69) is 4.90 Å². The minimum Gasteiger partial charge on any atom is -0.497 e. The maximum absolute atomic E-state index is 11.2. The molecule has 2 saturated heterocycles. The monoisotopic (exact) mass is 291 g/mol. The Kier molecular flexibility index (Phi) is 4.01. The zero-order chi connectivity index (χ0) is 14.8. The highest BCUT2D eigenvalue weighted by Gasteiger charge is 2.48. The van der Waals surface area contributed by atoms with Gasteiger partial charge in [-0.05, 0) is 43.5 Å². The van der Waals surface area contributed by atoms with Crippen LogP contribution in [0, 0.1) is 5.92 Å². The second-order valence-corrected chi connectivity index (χ2v) is 5.74. The first kappa shape index (κ1) is 14.2. The van der Waals surface area contributed by atoms with Crippen molar-refractivity contribution in [1.29, 1.82) is 0 Å². The lowest BCUT2D eigenvalue weighted by Crippen LogP contribution is -2.35. The quantitative estimate of drug-likeness (QED) is 0.869. The molecular formula is C16H21NO4. The highest BCUT2D eigenvalue weighted by Crippen LogP contribution is 2.41. The molecule has 0 radical (unpaired) electrons. The van der Waals surface area contributed by atoms with Crippen LogP contribution in [0.4, 0.5) is 0 Å². The minimum atomic E-state index is -0.650. The zero-order valence-corrected chi connectivity index (χ0v) is 12.2. The van der Waals surface area contributed by atoms with Crippen LogP contribution >= 0.6 is 0 Å². The number of carbonyl (C=O) groups is 1. The van der Waals surface area contributed by atoms with Crippen molar-refractivity contribution < 1.29 is 19.4 Å². The highest BCUT2D eigenvalue weighted by molar-refractivity contribution is 5.71. The second kappa shape index (κ2) is 5.93. The molecule has 0 saturated carbocycles. The Bertz CT molecular complexity index is 502. The predicted octanol–water partition coefficient (Wildman–Crippen LogP) is 2.01. The van der Waals surface area contributed by atoms with Crippen molar-refractivity contribution in [3.05, 3.63) is 24.3 Å². The highest BCUT2D eigenvalue weighted by atomic mass is 16.5. The number of methoxy groups -OCH3 is 1. The maximum Gasteiger partial charge on any atom is 0.308 e. The molecule has 21 heavy (non-hydrogen) atoms. The van der Waals surface area contributed by atoms with E-state index in [0.29, 0.717) is 12.6 Å². The lowest BCUT2D eigenvalue weighted by Gasteiger charge is -2.22. The number of carboxylic acids is 1. The summed E-state index contributed by atoms with van der Waals surface area (Å²) in [6, 6.07) is 8.14. The lowest BCUT2D eigenvalue weighted by atomic mass is 9.89. The fourth-order valence-corrected chi connectivity index (χ4v) is 3.66. The van der Waals surface area contributed by atoms with Crippen molar-refractivity contribution in [1.82, 2.24) is 4.90 Å². The van der Waals surface area contributed by atoms with Gasteiger partial charge in [-0.2, -0.15) is 0 Å². The van der Waals surface area contributed by atoms with E-state index in [1.54, 1.807) is 7.11 Å². The van der Waals surface area contributed by atoms with Crippen LogP contribution in [0.1, 0.15) is 19.3 Å². The molecule has 3 atom stereocenters. The third-order valence-electron chi connectivity index (χ3n) is 4.68. The number of hydrogen-bond acceptors (Lipinski definition) is 4. The van der Waals surface area contributed by atoms with Gasteiger partial charge in [-0.15, -0.1) is 0 Å². The van der Waals surface area contributed by atoms with E-state index in [4.69, 9.17) is 9.47 Å². The molecule has 0 spiro atoms. The molecule has 114 valence electrons. The van der Waals surface area contributed by atoms with Gasteiger partial charge in [0.25, 0.3) is 0 Å². The van der Waals surface area contributed by atoms with Gasteiger partial charge in [0.05, 0.1) is 13.0 Å². The van der Waals surface area contributed by atoms with Gasteiger partial charge < -0.3 is 14.6 Å². The van der Waals surface area contributed by atoms with Crippen molar-refractivity contribution >= 4 is 5.97 Å². The van der Waals surface area contributed by atoms with Crippen LogP contribution in [-0.2, 0) is 4.79 Å². The van der Waals surface area contributed by atoms with E-state index in [-0.39, 0.29) is 12.0 Å². The summed E-state index contributed by atoms with van der Waals surface area (Å²) >= 11 is 0. The molecule has 0 aromatic heterocycles. The van der Waals surface area contributed by atoms with Crippen LogP contribution in [0.3, 0.4) is 0 Å². The van der Waals surface area contributed by atoms with E-state index >= 15 is 0 Å². The van der Waals surface area contributed by atoms with Crippen LogP contribution in [0.15, 0.2) is 24.3 Å². The van der Waals surface area contributed by atoms with Gasteiger partial charge >= 0.3 is 5.97 Å². The number of benzene rings is 1. The van der Waals surface area contributed by atoms with E-state index < -0.39 is 5.97 Å². The van der Waals surface area contributed by atoms with Gasteiger partial charge in [-0.25, -0.2) is 0 Å². The van der Waals surface area contributed by atoms with Gasteiger partial charge in [0.15, 0.2) is 0 Å². The van der Waals surface area contributed by atoms with E-state index in [1.807, 2.05) is 24.3 Å². The van der Waals surface area contributed by atoms with Crippen LogP contribution in [-0.4, -0.2) is 48.3 Å². The molecule has 2 aliphatic rings. The Hall–Kier alpha value is -1.75. The molecule has 1 aromatic rings. The summed E-state index contributed by atoms with van der Waals surface area (Å²) < 4.78 is 10.8. The standard InChI is InChI=1S/C16H21NO4/c1-20-12-3-5-13(6-4-12)21-9-8-17-11-2-7-15(17)14(10-11)16(18)19/h3-6,11,14-15H,2,7-10H2,1H3,(H,18,19). The van der Waals surface area contributed by atoms with Crippen LogP contribution < -0.4 is 9.47 Å². The van der Waals surface area contributed by atoms with Gasteiger partial charge in [-0.3, -0.25) is 9.69 Å². The number of hydrogen-bond donors (Lipinski definition) is 1. The first-order chi connectivity index (χ1) is 10.2.